The Kier molecular flexibility index (Phi) is 4.60. The van der Waals surface area contributed by atoms with Gasteiger partial charge >= 0.3 is 0 Å². The molecule has 1 atom stereocenters. The van der Waals surface area contributed by atoms with E-state index in [1.165, 1.54) is 28.6 Å². The van der Waals surface area contributed by atoms with Gasteiger partial charge in [-0.2, -0.15) is 4.31 Å². The number of piperazine rings is 1. The van der Waals surface area contributed by atoms with Crippen molar-refractivity contribution in [3.05, 3.63) is 34.4 Å². The third-order valence-corrected chi connectivity index (χ3v) is 5.54. The molecule has 0 amide bonds. The number of hydrogen-bond acceptors (Lipinski definition) is 5. The van der Waals surface area contributed by atoms with Gasteiger partial charge in [0.25, 0.3) is 5.69 Å². The van der Waals surface area contributed by atoms with E-state index in [-0.39, 0.29) is 16.6 Å². The summed E-state index contributed by atoms with van der Waals surface area (Å²) in [4.78, 5) is 10.2. The fraction of sp³-hybridized carbons (Fsp3) is 0.538. The minimum absolute atomic E-state index is 0.0949. The zero-order valence-electron chi connectivity index (χ0n) is 12.0. The Morgan fingerprint density at radius 1 is 1.33 bits per heavy atom. The minimum atomic E-state index is -3.60. The number of hydrogen-bond donors (Lipinski definition) is 1. The zero-order valence-corrected chi connectivity index (χ0v) is 12.8. The molecule has 1 saturated heterocycles. The summed E-state index contributed by atoms with van der Waals surface area (Å²) in [6, 6.07) is 5.13. The van der Waals surface area contributed by atoms with Crippen LogP contribution in [0.3, 0.4) is 0 Å². The number of nitro benzene ring substituents is 1. The Labute approximate surface area is 124 Å². The van der Waals surface area contributed by atoms with Crippen molar-refractivity contribution in [2.45, 2.75) is 24.8 Å². The topological polar surface area (TPSA) is 92.5 Å². The number of nitrogens with one attached hydrogen (secondary N) is 1. The maximum Gasteiger partial charge on any atom is 0.269 e. The SMILES string of the molecule is CC(C)[C@H]1CN(S(=O)(=O)c2ccc([N+](=O)[O-])cc2)CCN1. The van der Waals surface area contributed by atoms with Crippen LogP contribution in [-0.2, 0) is 10.0 Å². The highest BCUT2D eigenvalue weighted by molar-refractivity contribution is 7.89. The van der Waals surface area contributed by atoms with Crippen molar-refractivity contribution < 1.29 is 13.3 Å². The number of benzene rings is 1. The van der Waals surface area contributed by atoms with Gasteiger partial charge in [-0.05, 0) is 18.1 Å². The van der Waals surface area contributed by atoms with E-state index < -0.39 is 14.9 Å². The molecule has 1 aromatic rings. The average molecular weight is 313 g/mol. The Balaban J connectivity index is 2.22. The van der Waals surface area contributed by atoms with Gasteiger partial charge in [-0.3, -0.25) is 10.1 Å². The molecule has 0 bridgehead atoms. The third kappa shape index (κ3) is 3.39. The van der Waals surface area contributed by atoms with Crippen molar-refractivity contribution in [3.63, 3.8) is 0 Å². The number of sulfonamides is 1. The van der Waals surface area contributed by atoms with Crippen LogP contribution in [0.2, 0.25) is 0 Å². The van der Waals surface area contributed by atoms with E-state index in [4.69, 9.17) is 0 Å². The first-order valence-corrected chi connectivity index (χ1v) is 8.24. The summed E-state index contributed by atoms with van der Waals surface area (Å²) in [7, 11) is -3.60. The Bertz CT molecular complexity index is 613. The van der Waals surface area contributed by atoms with Gasteiger partial charge in [0, 0.05) is 37.8 Å². The summed E-state index contributed by atoms with van der Waals surface area (Å²) < 4.78 is 26.6. The lowest BCUT2D eigenvalue weighted by atomic mass is 10.0. The highest BCUT2D eigenvalue weighted by Crippen LogP contribution is 2.21. The van der Waals surface area contributed by atoms with E-state index in [0.29, 0.717) is 25.6 Å². The van der Waals surface area contributed by atoms with Crippen LogP contribution in [0.25, 0.3) is 0 Å². The molecule has 1 N–H and O–H groups in total. The van der Waals surface area contributed by atoms with Crippen LogP contribution in [0.15, 0.2) is 29.2 Å². The van der Waals surface area contributed by atoms with Crippen molar-refractivity contribution in [2.24, 2.45) is 5.92 Å². The molecule has 1 aliphatic rings. The highest BCUT2D eigenvalue weighted by atomic mass is 32.2. The first-order valence-electron chi connectivity index (χ1n) is 6.80. The molecule has 7 nitrogen and oxygen atoms in total. The van der Waals surface area contributed by atoms with E-state index in [2.05, 4.69) is 5.32 Å². The molecule has 116 valence electrons. The number of rotatable bonds is 4. The van der Waals surface area contributed by atoms with E-state index in [1.54, 1.807) is 0 Å². The van der Waals surface area contributed by atoms with E-state index in [1.807, 2.05) is 13.8 Å². The second-order valence-corrected chi connectivity index (χ2v) is 7.36. The van der Waals surface area contributed by atoms with Gasteiger partial charge in [0.2, 0.25) is 10.0 Å². The van der Waals surface area contributed by atoms with Gasteiger partial charge in [0.15, 0.2) is 0 Å². The maximum absolute atomic E-state index is 12.6. The Hall–Kier alpha value is -1.51. The standard InChI is InChI=1S/C13H19N3O4S/c1-10(2)13-9-15(8-7-14-13)21(19,20)12-5-3-11(4-6-12)16(17)18/h3-6,10,13-14H,7-9H2,1-2H3/t13-/m1/s1. The summed E-state index contributed by atoms with van der Waals surface area (Å²) in [6.45, 7) is 5.51. The van der Waals surface area contributed by atoms with Gasteiger partial charge in [-0.15, -0.1) is 0 Å². The highest BCUT2D eigenvalue weighted by Gasteiger charge is 2.31. The summed E-state index contributed by atoms with van der Waals surface area (Å²) >= 11 is 0. The smallest absolute Gasteiger partial charge is 0.269 e. The molecular formula is C13H19N3O4S. The largest absolute Gasteiger partial charge is 0.311 e. The predicted octanol–water partition coefficient (Wildman–Crippen LogP) is 1.21. The molecule has 0 aromatic heterocycles. The zero-order chi connectivity index (χ0) is 15.6. The first-order chi connectivity index (χ1) is 9.82. The lowest BCUT2D eigenvalue weighted by Gasteiger charge is -2.34. The van der Waals surface area contributed by atoms with Crippen molar-refractivity contribution >= 4 is 15.7 Å². The quantitative estimate of drug-likeness (QED) is 0.666. The summed E-state index contributed by atoms with van der Waals surface area (Å²) in [5.74, 6) is 0.333. The fourth-order valence-electron chi connectivity index (χ4n) is 2.30. The van der Waals surface area contributed by atoms with Crippen molar-refractivity contribution in [2.75, 3.05) is 19.6 Å². The number of nitro groups is 1. The number of nitrogens with zero attached hydrogens (tertiary/aromatic N) is 2. The molecule has 1 fully saturated rings. The molecule has 0 unspecified atom stereocenters. The third-order valence-electron chi connectivity index (χ3n) is 3.66. The van der Waals surface area contributed by atoms with Crippen molar-refractivity contribution in [3.8, 4) is 0 Å². The summed E-state index contributed by atoms with van der Waals surface area (Å²) in [6.07, 6.45) is 0. The fourth-order valence-corrected chi connectivity index (χ4v) is 3.77. The van der Waals surface area contributed by atoms with Crippen LogP contribution < -0.4 is 5.32 Å². The van der Waals surface area contributed by atoms with Crippen LogP contribution in [0.5, 0.6) is 0 Å². The molecule has 8 heteroatoms. The predicted molar refractivity (Wildman–Crippen MR) is 78.5 cm³/mol. The Morgan fingerprint density at radius 2 is 1.95 bits per heavy atom. The van der Waals surface area contributed by atoms with Crippen LogP contribution >= 0.6 is 0 Å². The van der Waals surface area contributed by atoms with Crippen LogP contribution in [-0.4, -0.2) is 43.3 Å². The van der Waals surface area contributed by atoms with Gasteiger partial charge in [0.1, 0.15) is 0 Å². The molecule has 0 saturated carbocycles. The van der Waals surface area contributed by atoms with Crippen LogP contribution in [0.4, 0.5) is 5.69 Å². The van der Waals surface area contributed by atoms with Gasteiger partial charge < -0.3 is 5.32 Å². The second-order valence-electron chi connectivity index (χ2n) is 5.42. The molecule has 2 rings (SSSR count). The first kappa shape index (κ1) is 15.9. The maximum atomic E-state index is 12.6. The number of non-ortho nitro benzene ring substituents is 1. The molecule has 1 aliphatic heterocycles. The molecular weight excluding hydrogens is 294 g/mol. The Morgan fingerprint density at radius 3 is 2.48 bits per heavy atom. The van der Waals surface area contributed by atoms with Gasteiger partial charge in [-0.25, -0.2) is 8.42 Å². The average Bonchev–Trinajstić information content (AvgIpc) is 2.47. The van der Waals surface area contributed by atoms with Crippen molar-refractivity contribution in [1.82, 2.24) is 9.62 Å². The van der Waals surface area contributed by atoms with Gasteiger partial charge in [-0.1, -0.05) is 13.8 Å². The van der Waals surface area contributed by atoms with E-state index in [9.17, 15) is 18.5 Å². The lowest BCUT2D eigenvalue weighted by molar-refractivity contribution is -0.384. The van der Waals surface area contributed by atoms with Gasteiger partial charge in [0.05, 0.1) is 9.82 Å². The monoisotopic (exact) mass is 313 g/mol. The molecule has 0 spiro atoms. The van der Waals surface area contributed by atoms with E-state index in [0.717, 1.165) is 0 Å². The van der Waals surface area contributed by atoms with Crippen LogP contribution in [0, 0.1) is 16.0 Å². The van der Waals surface area contributed by atoms with E-state index >= 15 is 0 Å². The molecule has 1 aromatic carbocycles. The molecule has 21 heavy (non-hydrogen) atoms. The molecule has 1 heterocycles. The lowest BCUT2D eigenvalue weighted by Crippen LogP contribution is -2.54. The van der Waals surface area contributed by atoms with Crippen molar-refractivity contribution in [1.29, 1.82) is 0 Å². The summed E-state index contributed by atoms with van der Waals surface area (Å²) in [5, 5.41) is 13.9. The summed E-state index contributed by atoms with van der Waals surface area (Å²) in [5.41, 5.74) is -0.116. The molecule has 0 radical (unpaired) electrons. The molecule has 0 aliphatic carbocycles. The normalized spacial score (nSPS) is 20.6. The minimum Gasteiger partial charge on any atom is -0.311 e. The van der Waals surface area contributed by atoms with Crippen LogP contribution in [0.1, 0.15) is 13.8 Å². The second kappa shape index (κ2) is 6.08.